The highest BCUT2D eigenvalue weighted by molar-refractivity contribution is 6.34. The molecule has 130 valence electrons. The summed E-state index contributed by atoms with van der Waals surface area (Å²) in [6.45, 7) is 0.703. The van der Waals surface area contributed by atoms with E-state index in [1.807, 2.05) is 68.5 Å². The van der Waals surface area contributed by atoms with Crippen LogP contribution in [0.15, 0.2) is 72.8 Å². The van der Waals surface area contributed by atoms with Crippen LogP contribution < -0.4 is 14.9 Å². The van der Waals surface area contributed by atoms with Gasteiger partial charge < -0.3 is 14.6 Å². The lowest BCUT2D eigenvalue weighted by Gasteiger charge is -2.15. The summed E-state index contributed by atoms with van der Waals surface area (Å²) in [6.07, 6.45) is 0. The zero-order chi connectivity index (χ0) is 18.4. The van der Waals surface area contributed by atoms with Crippen LogP contribution in [-0.4, -0.2) is 18.9 Å². The van der Waals surface area contributed by atoms with Gasteiger partial charge in [0.25, 0.3) is 0 Å². The highest BCUT2D eigenvalue weighted by atomic mass is 16.5. The fraction of sp³-hybridized carbons (Fsp3) is 0.0952. The van der Waals surface area contributed by atoms with Crippen molar-refractivity contribution in [1.29, 1.82) is 0 Å². The number of carboxylic acid groups (broad SMARTS) is 1. The van der Waals surface area contributed by atoms with Crippen molar-refractivity contribution in [3.63, 3.8) is 0 Å². The monoisotopic (exact) mass is 346 g/mol. The average molecular weight is 346 g/mol. The first-order valence-electron chi connectivity index (χ1n) is 8.35. The van der Waals surface area contributed by atoms with Crippen molar-refractivity contribution in [3.8, 4) is 11.5 Å². The normalized spacial score (nSPS) is 10.3. The summed E-state index contributed by atoms with van der Waals surface area (Å²) < 4.78 is 11.6. The number of aromatic carboxylic acids is 1. The van der Waals surface area contributed by atoms with Crippen molar-refractivity contribution < 1.29 is 19.4 Å². The standard InChI is InChI=1S/C21H19BO4/c22-18-11-17(21(23)24)19(25-13-15-7-3-1-4-8-15)12-20(18)26-14-16-9-5-2-6-10-16/h1-12H,13-14,22H2,(H,23,24). The van der Waals surface area contributed by atoms with E-state index in [1.165, 1.54) is 0 Å². The summed E-state index contributed by atoms with van der Waals surface area (Å²) in [5.41, 5.74) is 2.90. The molecule has 0 spiro atoms. The third kappa shape index (κ3) is 4.45. The van der Waals surface area contributed by atoms with E-state index >= 15 is 0 Å². The van der Waals surface area contributed by atoms with E-state index in [0.717, 1.165) is 16.6 Å². The Kier molecular flexibility index (Phi) is 5.59. The number of carboxylic acids is 1. The second-order valence-corrected chi connectivity index (χ2v) is 5.97. The van der Waals surface area contributed by atoms with E-state index in [9.17, 15) is 9.90 Å². The quantitative estimate of drug-likeness (QED) is 0.669. The number of ether oxygens (including phenoxy) is 2. The number of benzene rings is 3. The second-order valence-electron chi connectivity index (χ2n) is 5.97. The molecule has 0 aromatic heterocycles. The van der Waals surface area contributed by atoms with Gasteiger partial charge >= 0.3 is 5.97 Å². The highest BCUT2D eigenvalue weighted by Crippen LogP contribution is 2.25. The molecule has 0 fully saturated rings. The minimum Gasteiger partial charge on any atom is -0.489 e. The molecule has 0 aliphatic carbocycles. The Labute approximate surface area is 153 Å². The molecule has 3 rings (SSSR count). The second kappa shape index (κ2) is 8.25. The van der Waals surface area contributed by atoms with E-state index < -0.39 is 5.97 Å². The van der Waals surface area contributed by atoms with Gasteiger partial charge in [-0.05, 0) is 22.7 Å². The largest absolute Gasteiger partial charge is 0.489 e. The maximum absolute atomic E-state index is 11.6. The Morgan fingerprint density at radius 3 is 1.81 bits per heavy atom. The summed E-state index contributed by atoms with van der Waals surface area (Å²) in [4.78, 5) is 11.6. The number of rotatable bonds is 7. The molecule has 0 saturated heterocycles. The maximum atomic E-state index is 11.6. The van der Waals surface area contributed by atoms with Crippen molar-refractivity contribution in [1.82, 2.24) is 0 Å². The lowest BCUT2D eigenvalue weighted by atomic mass is 9.92. The molecule has 0 amide bonds. The van der Waals surface area contributed by atoms with E-state index in [-0.39, 0.29) is 5.56 Å². The van der Waals surface area contributed by atoms with Crippen LogP contribution in [0.1, 0.15) is 21.5 Å². The lowest BCUT2D eigenvalue weighted by Crippen LogP contribution is -2.14. The topological polar surface area (TPSA) is 55.8 Å². The number of carbonyl (C=O) groups is 1. The van der Waals surface area contributed by atoms with Gasteiger partial charge in [0.05, 0.1) is 0 Å². The molecule has 0 aliphatic heterocycles. The molecule has 0 saturated carbocycles. The summed E-state index contributed by atoms with van der Waals surface area (Å²) >= 11 is 0. The van der Waals surface area contributed by atoms with Crippen molar-refractivity contribution >= 4 is 19.3 Å². The van der Waals surface area contributed by atoms with E-state index in [2.05, 4.69) is 0 Å². The minimum atomic E-state index is -1.02. The molecule has 26 heavy (non-hydrogen) atoms. The SMILES string of the molecule is Bc1cc(C(=O)O)c(OCc2ccccc2)cc1OCc1ccccc1. The third-order valence-corrected chi connectivity index (χ3v) is 3.98. The average Bonchev–Trinajstić information content (AvgIpc) is 2.67. The van der Waals surface area contributed by atoms with Crippen LogP contribution in [0.5, 0.6) is 11.5 Å². The molecule has 3 aromatic carbocycles. The van der Waals surface area contributed by atoms with Crippen molar-refractivity contribution in [2.24, 2.45) is 0 Å². The predicted octanol–water partition coefficient (Wildman–Crippen LogP) is 2.80. The molecule has 0 atom stereocenters. The smallest absolute Gasteiger partial charge is 0.339 e. The van der Waals surface area contributed by atoms with Gasteiger partial charge in [-0.3, -0.25) is 0 Å². The van der Waals surface area contributed by atoms with Crippen LogP contribution >= 0.6 is 0 Å². The highest BCUT2D eigenvalue weighted by Gasteiger charge is 2.15. The van der Waals surface area contributed by atoms with E-state index in [4.69, 9.17) is 9.47 Å². The molecule has 1 N–H and O–H groups in total. The fourth-order valence-electron chi connectivity index (χ4n) is 2.58. The van der Waals surface area contributed by atoms with Crippen molar-refractivity contribution in [2.75, 3.05) is 0 Å². The Bertz CT molecular complexity index is 879. The molecule has 3 aromatic rings. The first kappa shape index (κ1) is 17.6. The molecule has 0 unspecified atom stereocenters. The molecule has 0 aliphatic rings. The minimum absolute atomic E-state index is 0.130. The van der Waals surface area contributed by atoms with Crippen LogP contribution in [0, 0.1) is 0 Å². The van der Waals surface area contributed by atoms with Crippen LogP contribution in [0.3, 0.4) is 0 Å². The Hall–Kier alpha value is -3.21. The first-order chi connectivity index (χ1) is 12.6. The summed E-state index contributed by atoms with van der Waals surface area (Å²) in [6, 6.07) is 22.7. The summed E-state index contributed by atoms with van der Waals surface area (Å²) in [7, 11) is 1.83. The maximum Gasteiger partial charge on any atom is 0.339 e. The van der Waals surface area contributed by atoms with Crippen LogP contribution in [-0.2, 0) is 13.2 Å². The van der Waals surface area contributed by atoms with Gasteiger partial charge in [0.1, 0.15) is 38.1 Å². The number of hydrogen-bond donors (Lipinski definition) is 1. The summed E-state index contributed by atoms with van der Waals surface area (Å²) in [5.74, 6) is -0.109. The van der Waals surface area contributed by atoms with Gasteiger partial charge in [-0.25, -0.2) is 4.79 Å². The van der Waals surface area contributed by atoms with Gasteiger partial charge in [-0.15, -0.1) is 0 Å². The van der Waals surface area contributed by atoms with E-state index in [1.54, 1.807) is 12.1 Å². The van der Waals surface area contributed by atoms with Gasteiger partial charge in [0, 0.05) is 6.07 Å². The molecule has 0 bridgehead atoms. The molecular formula is C21H19BO4. The molecule has 0 heterocycles. The van der Waals surface area contributed by atoms with Crippen LogP contribution in [0.25, 0.3) is 0 Å². The molecule has 4 nitrogen and oxygen atoms in total. The predicted molar refractivity (Wildman–Crippen MR) is 103 cm³/mol. The lowest BCUT2D eigenvalue weighted by molar-refractivity contribution is 0.0692. The van der Waals surface area contributed by atoms with Crippen molar-refractivity contribution in [3.05, 3.63) is 89.5 Å². The molecule has 0 radical (unpaired) electrons. The van der Waals surface area contributed by atoms with E-state index in [0.29, 0.717) is 24.7 Å². The Balaban J connectivity index is 1.80. The van der Waals surface area contributed by atoms with Gasteiger partial charge in [0.2, 0.25) is 0 Å². The third-order valence-electron chi connectivity index (χ3n) is 3.98. The Morgan fingerprint density at radius 2 is 1.31 bits per heavy atom. The zero-order valence-electron chi connectivity index (χ0n) is 14.5. The molecular weight excluding hydrogens is 327 g/mol. The fourth-order valence-corrected chi connectivity index (χ4v) is 2.58. The van der Waals surface area contributed by atoms with Gasteiger partial charge in [-0.1, -0.05) is 60.7 Å². The summed E-state index contributed by atoms with van der Waals surface area (Å²) in [5, 5.41) is 9.47. The Morgan fingerprint density at radius 1 is 0.808 bits per heavy atom. The van der Waals surface area contributed by atoms with Crippen molar-refractivity contribution in [2.45, 2.75) is 13.2 Å². The van der Waals surface area contributed by atoms with Crippen LogP contribution in [0.2, 0.25) is 0 Å². The van der Waals surface area contributed by atoms with Gasteiger partial charge in [-0.2, -0.15) is 0 Å². The zero-order valence-corrected chi connectivity index (χ0v) is 14.5. The van der Waals surface area contributed by atoms with Gasteiger partial charge in [0.15, 0.2) is 0 Å². The van der Waals surface area contributed by atoms with Crippen LogP contribution in [0.4, 0.5) is 0 Å². The first-order valence-corrected chi connectivity index (χ1v) is 8.35. The number of hydrogen-bond acceptors (Lipinski definition) is 3. The molecule has 5 heteroatoms.